The van der Waals surface area contributed by atoms with E-state index in [1.807, 2.05) is 72.8 Å². The van der Waals surface area contributed by atoms with Gasteiger partial charge < -0.3 is 38.3 Å². The Morgan fingerprint density at radius 3 is 1.05 bits per heavy atom. The number of ether oxygens (including phenoxy) is 7. The van der Waals surface area contributed by atoms with Crippen LogP contribution in [-0.2, 0) is 62.6 Å². The second-order valence-electron chi connectivity index (χ2n) is 21.9. The summed E-state index contributed by atoms with van der Waals surface area (Å²) in [4.78, 5) is 87.2. The van der Waals surface area contributed by atoms with Gasteiger partial charge in [-0.15, -0.1) is 0 Å². The molecule has 100 heavy (non-hydrogen) atoms. The molecule has 0 amide bonds. The molecule has 6 heterocycles. The van der Waals surface area contributed by atoms with Crippen LogP contribution in [0.5, 0.6) is 17.2 Å². The first-order valence-electron chi connectivity index (χ1n) is 30.8. The highest BCUT2D eigenvalue weighted by molar-refractivity contribution is 14.1. The molecule has 6 aromatic heterocycles. The summed E-state index contributed by atoms with van der Waals surface area (Å²) in [5, 5.41) is 11.7. The molecule has 1 N–H and O–H groups in total. The van der Waals surface area contributed by atoms with E-state index in [1.165, 1.54) is 76.6 Å². The van der Waals surface area contributed by atoms with Crippen LogP contribution in [0.25, 0.3) is 32.7 Å². The number of hydrogen-bond acceptors (Lipinski definition) is 19. The summed E-state index contributed by atoms with van der Waals surface area (Å²) in [6.07, 6.45) is 7.44. The number of carbonyl (C=O) groups is 5. The predicted octanol–water partition coefficient (Wildman–Crippen LogP) is 14.7. The summed E-state index contributed by atoms with van der Waals surface area (Å²) in [5.74, 6) is -4.81. The molecule has 6 aromatic carbocycles. The molecule has 0 fully saturated rings. The summed E-state index contributed by atoms with van der Waals surface area (Å²) >= 11 is 2.08. The van der Waals surface area contributed by atoms with Crippen molar-refractivity contribution in [2.24, 2.45) is 0 Å². The number of pyridine rings is 6. The maximum absolute atomic E-state index is 13.3. The fourth-order valence-electron chi connectivity index (χ4n) is 10.1. The number of carbonyl (C=O) groups excluding carboxylic acids is 5. The van der Waals surface area contributed by atoms with Gasteiger partial charge in [0, 0.05) is 34.7 Å². The van der Waals surface area contributed by atoms with Gasteiger partial charge in [-0.05, 0) is 153 Å². The quantitative estimate of drug-likeness (QED) is 0.0363. The van der Waals surface area contributed by atoms with E-state index >= 15 is 0 Å². The van der Waals surface area contributed by atoms with Crippen molar-refractivity contribution in [3.05, 3.63) is 300 Å². The van der Waals surface area contributed by atoms with Gasteiger partial charge in [0.05, 0.1) is 35.5 Å². The first kappa shape index (κ1) is 72.5. The number of esters is 5. The molecule has 0 saturated heterocycles. The Bertz CT molecular complexity index is 4870. The van der Waals surface area contributed by atoms with E-state index in [0.29, 0.717) is 45.2 Å². The molecule has 0 aliphatic rings. The van der Waals surface area contributed by atoms with Gasteiger partial charge in [-0.2, -0.15) is 0 Å². The number of methoxy groups -OCH3 is 5. The number of aromatic nitrogens is 6. The van der Waals surface area contributed by atoms with Crippen LogP contribution >= 0.6 is 22.6 Å². The number of hydrogen-bond donors (Lipinski definition) is 1. The first-order valence-corrected chi connectivity index (χ1v) is 31.8. The van der Waals surface area contributed by atoms with Gasteiger partial charge in [0.1, 0.15) is 50.9 Å². The maximum Gasteiger partial charge on any atom is 0.360 e. The second-order valence-corrected chi connectivity index (χ2v) is 22.9. The van der Waals surface area contributed by atoms with Crippen molar-refractivity contribution < 1.29 is 75.4 Å². The Hall–Kier alpha value is -11.7. The lowest BCUT2D eigenvalue weighted by Gasteiger charge is -2.15. The highest BCUT2D eigenvalue weighted by Crippen LogP contribution is 2.35. The number of nitrogens with zero attached hydrogens (tertiary/aromatic N) is 6. The minimum Gasteiger partial charge on any atom is -0.504 e. The highest BCUT2D eigenvalue weighted by Gasteiger charge is 2.28. The Morgan fingerprint density at radius 2 is 0.680 bits per heavy atom. The monoisotopic (exact) mass is 1460 g/mol. The van der Waals surface area contributed by atoms with Crippen LogP contribution in [-0.4, -0.2) is 100 Å². The molecule has 0 spiro atoms. The van der Waals surface area contributed by atoms with Crippen LogP contribution in [0, 0.1) is 21.2 Å². The molecular formula is C77H64F3IN6O13. The van der Waals surface area contributed by atoms with Crippen LogP contribution < -0.4 is 9.47 Å². The second kappa shape index (κ2) is 35.0. The molecule has 19 nitrogen and oxygen atoms in total. The van der Waals surface area contributed by atoms with Crippen molar-refractivity contribution in [1.82, 2.24) is 29.9 Å². The molecule has 0 atom stereocenters. The fraction of sp³-hybridized carbons (Fsp3) is 0.156. The Balaban J connectivity index is 0.000000166. The van der Waals surface area contributed by atoms with E-state index in [9.17, 15) is 42.3 Å². The van der Waals surface area contributed by atoms with Crippen molar-refractivity contribution in [2.75, 3.05) is 35.5 Å². The van der Waals surface area contributed by atoms with Crippen LogP contribution in [0.4, 0.5) is 13.2 Å². The van der Waals surface area contributed by atoms with Crippen molar-refractivity contribution in [2.45, 2.75) is 45.8 Å². The summed E-state index contributed by atoms with van der Waals surface area (Å²) in [7, 11) is 6.05. The standard InChI is InChI=1S/C26H21FN2O5.C24H18FIN2O3.C19H15FN2O5.C8H10/c1-32-25(30)22-20-13-18(12-16-8-10-19(27)11-9-16)14-28-21(20)24(23(29-22)26(31)33-2)34-15-17-6-4-3-5-7-17;1-30-24(29)21-22(31-14-16-5-3-2-4-6-16)20-19(23(26)28-21)12-17(13-27-20)11-15-7-9-18(25)10-8-15;1-26-18(24)15-13-8-11(7-10-3-5-12(20)6-4-10)9-21-14(13)17(23)16(22-15)19(25)27-2;1-2-8-6-4-3-5-7-8/h3-11,13-14H,12,15H2,1-2H3;2-10,12-13H,11,14H2,1H3;3-6,8-9,23H,7H2,1-2H3;3-7H,2H2,1H3. The van der Waals surface area contributed by atoms with E-state index in [1.54, 1.807) is 60.9 Å². The minimum atomic E-state index is -0.906. The molecule has 0 unspecified atom stereocenters. The number of aryl methyl sites for hydroxylation is 1. The number of rotatable bonds is 18. The van der Waals surface area contributed by atoms with Crippen LogP contribution in [0.2, 0.25) is 0 Å². The van der Waals surface area contributed by atoms with Crippen LogP contribution in [0.3, 0.4) is 0 Å². The van der Waals surface area contributed by atoms with Gasteiger partial charge >= 0.3 is 29.8 Å². The smallest absolute Gasteiger partial charge is 0.360 e. The first-order chi connectivity index (χ1) is 48.4. The Kier molecular flexibility index (Phi) is 25.4. The lowest BCUT2D eigenvalue weighted by Crippen LogP contribution is -2.15. The van der Waals surface area contributed by atoms with E-state index in [2.05, 4.69) is 88.4 Å². The zero-order chi connectivity index (χ0) is 71.2. The number of benzene rings is 6. The lowest BCUT2D eigenvalue weighted by atomic mass is 10.0. The number of aromatic hydroxyl groups is 1. The normalized spacial score (nSPS) is 10.6. The molecule has 12 aromatic rings. The molecule has 0 aliphatic heterocycles. The summed E-state index contributed by atoms with van der Waals surface area (Å²) < 4.78 is 76.1. The van der Waals surface area contributed by atoms with Gasteiger partial charge in [0.2, 0.25) is 0 Å². The van der Waals surface area contributed by atoms with Gasteiger partial charge in [0.25, 0.3) is 0 Å². The van der Waals surface area contributed by atoms with Crippen molar-refractivity contribution in [3.63, 3.8) is 0 Å². The zero-order valence-corrected chi connectivity index (χ0v) is 57.0. The molecule has 23 heteroatoms. The molecule has 0 bridgehead atoms. The molecule has 508 valence electrons. The third-order valence-corrected chi connectivity index (χ3v) is 15.9. The number of fused-ring (bicyclic) bond motifs is 3. The summed E-state index contributed by atoms with van der Waals surface area (Å²) in [5.41, 5.74) is 8.38. The van der Waals surface area contributed by atoms with Gasteiger partial charge in [-0.1, -0.05) is 134 Å². The molecular weight excluding hydrogens is 1400 g/mol. The maximum atomic E-state index is 13.3. The SMILES string of the molecule is CCc1ccccc1.COC(=O)c1nc(C(=O)OC)c2cc(Cc3ccc(F)cc3)cnc2c1O.COC(=O)c1nc(C(=O)OC)c2cc(Cc3ccc(F)cc3)cnc2c1OCc1ccccc1.COC(=O)c1nc(I)c2cc(Cc3ccc(F)cc3)cnc2c1OCc1ccccc1. The van der Waals surface area contributed by atoms with E-state index in [-0.39, 0.29) is 75.6 Å². The molecule has 0 radical (unpaired) electrons. The van der Waals surface area contributed by atoms with Crippen molar-refractivity contribution in [1.29, 1.82) is 0 Å². The molecule has 0 aliphatic carbocycles. The highest BCUT2D eigenvalue weighted by atomic mass is 127. The third-order valence-electron chi connectivity index (χ3n) is 15.1. The van der Waals surface area contributed by atoms with Crippen molar-refractivity contribution in [3.8, 4) is 17.2 Å². The predicted molar refractivity (Wildman–Crippen MR) is 375 cm³/mol. The van der Waals surface area contributed by atoms with E-state index in [4.69, 9.17) is 28.4 Å². The lowest BCUT2D eigenvalue weighted by molar-refractivity contribution is 0.0566. The van der Waals surface area contributed by atoms with E-state index in [0.717, 1.165) is 57.9 Å². The minimum absolute atomic E-state index is 0.0219. The molecule has 0 saturated carbocycles. The summed E-state index contributed by atoms with van der Waals surface area (Å²) in [6.45, 7) is 2.58. The van der Waals surface area contributed by atoms with Gasteiger partial charge in [-0.25, -0.2) is 52.1 Å². The summed E-state index contributed by atoms with van der Waals surface area (Å²) in [6, 6.07) is 53.3. The van der Waals surface area contributed by atoms with Crippen molar-refractivity contribution >= 4 is 85.1 Å². The topological polar surface area (TPSA) is 248 Å². The average molecular weight is 1470 g/mol. The van der Waals surface area contributed by atoms with Crippen LogP contribution in [0.1, 0.15) is 109 Å². The molecule has 12 rings (SSSR count). The largest absolute Gasteiger partial charge is 0.504 e. The third kappa shape index (κ3) is 18.7. The van der Waals surface area contributed by atoms with Crippen LogP contribution in [0.15, 0.2) is 201 Å². The average Bonchev–Trinajstić information content (AvgIpc) is 0.776. The zero-order valence-electron chi connectivity index (χ0n) is 54.8. The van der Waals surface area contributed by atoms with Gasteiger partial charge in [-0.3, -0.25) is 15.0 Å². The van der Waals surface area contributed by atoms with E-state index < -0.39 is 41.3 Å². The number of halogens is 4. The fourth-order valence-corrected chi connectivity index (χ4v) is 10.7. The van der Waals surface area contributed by atoms with Gasteiger partial charge in [0.15, 0.2) is 45.7 Å². The Labute approximate surface area is 586 Å². The Morgan fingerprint density at radius 1 is 0.370 bits per heavy atom.